The topological polar surface area (TPSA) is 91.9 Å². The van der Waals surface area contributed by atoms with Crippen molar-refractivity contribution in [2.24, 2.45) is 5.11 Å². The highest BCUT2D eigenvalue weighted by Crippen LogP contribution is 2.35. The summed E-state index contributed by atoms with van der Waals surface area (Å²) >= 11 is 8.64. The van der Waals surface area contributed by atoms with Crippen molar-refractivity contribution in [1.29, 1.82) is 0 Å². The third kappa shape index (κ3) is 2.14. The van der Waals surface area contributed by atoms with Crippen LogP contribution < -0.4 is 0 Å². The van der Waals surface area contributed by atoms with Crippen LogP contribution in [0.5, 0.6) is 0 Å². The molecule has 0 aliphatic carbocycles. The van der Waals surface area contributed by atoms with Gasteiger partial charge in [0.1, 0.15) is 0 Å². The first kappa shape index (κ1) is 10.8. The monoisotopic (exact) mass is 276 g/mol. The van der Waals surface area contributed by atoms with E-state index in [9.17, 15) is 10.1 Å². The van der Waals surface area contributed by atoms with Gasteiger partial charge in [0.2, 0.25) is 0 Å². The van der Waals surface area contributed by atoms with Gasteiger partial charge in [-0.05, 0) is 27.5 Å². The molecule has 0 aliphatic rings. The predicted octanol–water partition coefficient (Wildman–Crippen LogP) is 3.95. The number of hydrogen-bond acceptors (Lipinski definition) is 3. The fraction of sp³-hybridized carbons (Fsp3) is 0. The Kier molecular flexibility index (Phi) is 3.29. The molecule has 0 spiro atoms. The molecule has 0 amide bonds. The molecule has 0 heterocycles. The van der Waals surface area contributed by atoms with E-state index in [0.717, 1.165) is 6.07 Å². The van der Waals surface area contributed by atoms with Gasteiger partial charge in [0.15, 0.2) is 0 Å². The average molecular weight is 277 g/mol. The van der Waals surface area contributed by atoms with Gasteiger partial charge in [0.05, 0.1) is 20.1 Å². The normalized spacial score (nSPS) is 9.29. The second kappa shape index (κ2) is 4.28. The van der Waals surface area contributed by atoms with E-state index in [4.69, 9.17) is 17.1 Å². The maximum atomic E-state index is 10.5. The molecule has 0 fully saturated rings. The van der Waals surface area contributed by atoms with Crippen molar-refractivity contribution >= 4 is 38.9 Å². The molecule has 0 bridgehead atoms. The Morgan fingerprint density at radius 3 is 2.79 bits per heavy atom. The van der Waals surface area contributed by atoms with Crippen LogP contribution in [0.4, 0.5) is 11.4 Å². The van der Waals surface area contributed by atoms with Crippen molar-refractivity contribution in [3.05, 3.63) is 42.2 Å². The van der Waals surface area contributed by atoms with Gasteiger partial charge in [-0.3, -0.25) is 10.1 Å². The molecule has 0 radical (unpaired) electrons. The van der Waals surface area contributed by atoms with E-state index in [1.165, 1.54) is 6.07 Å². The van der Waals surface area contributed by atoms with E-state index in [0.29, 0.717) is 0 Å². The Balaban J connectivity index is 3.41. The van der Waals surface area contributed by atoms with E-state index in [-0.39, 0.29) is 20.9 Å². The fourth-order valence-electron chi connectivity index (χ4n) is 0.791. The zero-order valence-corrected chi connectivity index (χ0v) is 8.86. The number of rotatable bonds is 2. The van der Waals surface area contributed by atoms with Crippen molar-refractivity contribution in [1.82, 2.24) is 0 Å². The molecule has 0 atom stereocenters. The van der Waals surface area contributed by atoms with Crippen LogP contribution in [-0.2, 0) is 0 Å². The SMILES string of the molecule is [N-]=[N+]=Nc1cc([N+](=O)[O-])c(Br)cc1Cl. The molecule has 1 rings (SSSR count). The van der Waals surface area contributed by atoms with Gasteiger partial charge in [-0.2, -0.15) is 0 Å². The molecule has 1 aromatic rings. The van der Waals surface area contributed by atoms with Crippen molar-refractivity contribution in [3.63, 3.8) is 0 Å². The van der Waals surface area contributed by atoms with Crippen LogP contribution in [0, 0.1) is 10.1 Å². The molecule has 6 nitrogen and oxygen atoms in total. The summed E-state index contributed by atoms with van der Waals surface area (Å²) in [4.78, 5) is 12.4. The van der Waals surface area contributed by atoms with Crippen LogP contribution in [0.2, 0.25) is 5.02 Å². The third-order valence-corrected chi connectivity index (χ3v) is 2.30. The minimum atomic E-state index is -0.600. The minimum Gasteiger partial charge on any atom is -0.258 e. The van der Waals surface area contributed by atoms with Crippen molar-refractivity contribution in [2.45, 2.75) is 0 Å². The molecule has 8 heteroatoms. The van der Waals surface area contributed by atoms with Crippen LogP contribution in [0.25, 0.3) is 10.4 Å². The van der Waals surface area contributed by atoms with E-state index in [2.05, 4.69) is 26.0 Å². The number of nitro groups is 1. The van der Waals surface area contributed by atoms with Gasteiger partial charge >= 0.3 is 0 Å². The summed E-state index contributed by atoms with van der Waals surface area (Å²) in [7, 11) is 0. The molecule has 72 valence electrons. The highest BCUT2D eigenvalue weighted by Gasteiger charge is 2.14. The summed E-state index contributed by atoms with van der Waals surface area (Å²) in [6, 6.07) is 2.41. The molecule has 0 saturated carbocycles. The van der Waals surface area contributed by atoms with E-state index in [1.807, 2.05) is 0 Å². The molecular formula is C6H2BrClN4O2. The van der Waals surface area contributed by atoms with Crippen molar-refractivity contribution in [3.8, 4) is 0 Å². The second-order valence-corrected chi connectivity index (χ2v) is 3.46. The van der Waals surface area contributed by atoms with Gasteiger partial charge in [0, 0.05) is 11.0 Å². The Bertz CT molecular complexity index is 420. The molecule has 0 aliphatic heterocycles. The maximum absolute atomic E-state index is 10.5. The first-order valence-corrected chi connectivity index (χ1v) is 4.42. The van der Waals surface area contributed by atoms with E-state index >= 15 is 0 Å². The smallest absolute Gasteiger partial charge is 0.258 e. The van der Waals surface area contributed by atoms with Gasteiger partial charge < -0.3 is 0 Å². The molecule has 14 heavy (non-hydrogen) atoms. The Hall–Kier alpha value is -1.30. The molecule has 0 saturated heterocycles. The van der Waals surface area contributed by atoms with Crippen molar-refractivity contribution < 1.29 is 4.92 Å². The lowest BCUT2D eigenvalue weighted by Crippen LogP contribution is -1.88. The Morgan fingerprint density at radius 2 is 2.29 bits per heavy atom. The lowest BCUT2D eigenvalue weighted by atomic mass is 10.3. The van der Waals surface area contributed by atoms with Gasteiger partial charge in [-0.1, -0.05) is 16.7 Å². The summed E-state index contributed by atoms with van der Waals surface area (Å²) in [5.74, 6) is 0. The third-order valence-electron chi connectivity index (χ3n) is 1.37. The van der Waals surface area contributed by atoms with Gasteiger partial charge in [0.25, 0.3) is 5.69 Å². The number of nitrogens with zero attached hydrogens (tertiary/aromatic N) is 4. The number of azide groups is 1. The van der Waals surface area contributed by atoms with Crippen LogP contribution >= 0.6 is 27.5 Å². The molecule has 1 aromatic carbocycles. The largest absolute Gasteiger partial charge is 0.284 e. The maximum Gasteiger partial charge on any atom is 0.284 e. The van der Waals surface area contributed by atoms with Crippen molar-refractivity contribution in [2.75, 3.05) is 0 Å². The van der Waals surface area contributed by atoms with Crippen LogP contribution in [-0.4, -0.2) is 4.92 Å². The van der Waals surface area contributed by atoms with E-state index < -0.39 is 4.92 Å². The summed E-state index contributed by atoms with van der Waals surface area (Å²) in [5, 5.41) is 13.9. The summed E-state index contributed by atoms with van der Waals surface area (Å²) in [6.45, 7) is 0. The molecule has 0 N–H and O–H groups in total. The summed E-state index contributed by atoms with van der Waals surface area (Å²) in [5.41, 5.74) is 8.00. The number of benzene rings is 1. The summed E-state index contributed by atoms with van der Waals surface area (Å²) < 4.78 is 0.240. The lowest BCUT2D eigenvalue weighted by Gasteiger charge is -1.99. The van der Waals surface area contributed by atoms with Gasteiger partial charge in [-0.25, -0.2) is 0 Å². The molecule has 0 unspecified atom stereocenters. The zero-order chi connectivity index (χ0) is 10.7. The predicted molar refractivity (Wildman–Crippen MR) is 54.6 cm³/mol. The van der Waals surface area contributed by atoms with Crippen LogP contribution in [0.3, 0.4) is 0 Å². The number of nitro benzene ring substituents is 1. The van der Waals surface area contributed by atoms with Crippen LogP contribution in [0.1, 0.15) is 0 Å². The first-order valence-electron chi connectivity index (χ1n) is 3.25. The molecule has 0 aromatic heterocycles. The highest BCUT2D eigenvalue weighted by atomic mass is 79.9. The van der Waals surface area contributed by atoms with Gasteiger partial charge in [-0.15, -0.1) is 0 Å². The quantitative estimate of drug-likeness (QED) is 0.269. The fourth-order valence-corrected chi connectivity index (χ4v) is 1.61. The number of halogens is 2. The highest BCUT2D eigenvalue weighted by molar-refractivity contribution is 9.10. The molecular weight excluding hydrogens is 275 g/mol. The first-order chi connectivity index (χ1) is 6.56. The Morgan fingerprint density at radius 1 is 1.64 bits per heavy atom. The lowest BCUT2D eigenvalue weighted by molar-refractivity contribution is -0.385. The minimum absolute atomic E-state index is 0.0315. The standard InChI is InChI=1S/C6H2BrClN4O2/c7-3-1-4(8)5(10-11-9)2-6(3)12(13)14/h1-2H. The average Bonchev–Trinajstić information content (AvgIpc) is 2.09. The van der Waals surface area contributed by atoms with Crippen LogP contribution in [0.15, 0.2) is 21.7 Å². The van der Waals surface area contributed by atoms with E-state index in [1.54, 1.807) is 0 Å². The second-order valence-electron chi connectivity index (χ2n) is 2.20. The zero-order valence-electron chi connectivity index (χ0n) is 6.52. The Labute approximate surface area is 91.4 Å². The summed E-state index contributed by atoms with van der Waals surface area (Å²) in [6.07, 6.45) is 0. The number of hydrogen-bond donors (Lipinski definition) is 0.